The van der Waals surface area contributed by atoms with E-state index in [1.807, 2.05) is 6.07 Å². The molecule has 1 heterocycles. The van der Waals surface area contributed by atoms with Gasteiger partial charge in [-0.05, 0) is 60.7 Å². The summed E-state index contributed by atoms with van der Waals surface area (Å²) in [4.78, 5) is 15.4. The molecular formula is C17H19NO2. The van der Waals surface area contributed by atoms with Crippen molar-refractivity contribution in [1.82, 2.24) is 4.98 Å². The lowest BCUT2D eigenvalue weighted by atomic mass is 9.99. The van der Waals surface area contributed by atoms with Crippen molar-refractivity contribution in [2.75, 3.05) is 0 Å². The van der Waals surface area contributed by atoms with Gasteiger partial charge in [0.25, 0.3) is 0 Å². The molecule has 1 aromatic heterocycles. The Kier molecular flexibility index (Phi) is 3.89. The highest BCUT2D eigenvalue weighted by Crippen LogP contribution is 2.26. The van der Waals surface area contributed by atoms with Gasteiger partial charge in [-0.1, -0.05) is 13.8 Å². The molecular weight excluding hydrogens is 250 g/mol. The lowest BCUT2D eigenvalue weighted by Gasteiger charge is -2.11. The molecule has 1 aromatic carbocycles. The number of fused-ring (bicyclic) bond motifs is 1. The second kappa shape index (κ2) is 5.45. The van der Waals surface area contributed by atoms with E-state index < -0.39 is 5.97 Å². The van der Waals surface area contributed by atoms with Crippen LogP contribution in [0.4, 0.5) is 0 Å². The van der Waals surface area contributed by atoms with Gasteiger partial charge in [-0.3, -0.25) is 4.98 Å². The second-order valence-corrected chi connectivity index (χ2v) is 5.42. The average Bonchev–Trinajstić information content (AvgIpc) is 2.37. The molecule has 3 nitrogen and oxygen atoms in total. The molecule has 20 heavy (non-hydrogen) atoms. The summed E-state index contributed by atoms with van der Waals surface area (Å²) in [5.74, 6) is -0.636. The summed E-state index contributed by atoms with van der Waals surface area (Å²) in [6.07, 6.45) is 2.82. The van der Waals surface area contributed by atoms with E-state index in [0.717, 1.165) is 22.2 Å². The Hall–Kier alpha value is -2.16. The molecule has 3 heteroatoms. The molecule has 0 saturated carbocycles. The zero-order valence-corrected chi connectivity index (χ0v) is 12.3. The third-order valence-corrected chi connectivity index (χ3v) is 3.47. The molecule has 0 spiro atoms. The number of aromatic nitrogens is 1. The lowest BCUT2D eigenvalue weighted by Crippen LogP contribution is -1.97. The molecule has 0 bridgehead atoms. The van der Waals surface area contributed by atoms with Crippen molar-refractivity contribution in [3.8, 4) is 0 Å². The van der Waals surface area contributed by atoms with Crippen molar-refractivity contribution in [1.29, 1.82) is 0 Å². The topological polar surface area (TPSA) is 50.2 Å². The van der Waals surface area contributed by atoms with Crippen LogP contribution in [-0.2, 0) is 4.79 Å². The fraction of sp³-hybridized carbons (Fsp3) is 0.294. The molecule has 0 amide bonds. The fourth-order valence-electron chi connectivity index (χ4n) is 2.13. The first-order valence-electron chi connectivity index (χ1n) is 6.71. The number of hydrogen-bond donors (Lipinski definition) is 1. The Morgan fingerprint density at radius 2 is 1.85 bits per heavy atom. The highest BCUT2D eigenvalue weighted by molar-refractivity contribution is 5.93. The predicted octanol–water partition coefficient (Wildman–Crippen LogP) is 4.07. The lowest BCUT2D eigenvalue weighted by molar-refractivity contribution is -0.131. The van der Waals surface area contributed by atoms with Crippen molar-refractivity contribution in [2.45, 2.75) is 33.6 Å². The van der Waals surface area contributed by atoms with Crippen molar-refractivity contribution in [2.24, 2.45) is 0 Å². The zero-order valence-electron chi connectivity index (χ0n) is 12.3. The standard InChI is InChI=1S/C17H19NO2/c1-10(2)15-9-13(5-6-17(19)20)14-7-11(3)12(4)8-16(14)18-15/h5-10H,1-4H3,(H,19,20)/b6-5+. The minimum atomic E-state index is -0.940. The van der Waals surface area contributed by atoms with Gasteiger partial charge >= 0.3 is 5.97 Å². The summed E-state index contributed by atoms with van der Waals surface area (Å²) in [5, 5.41) is 9.82. The summed E-state index contributed by atoms with van der Waals surface area (Å²) in [7, 11) is 0. The Balaban J connectivity index is 2.74. The highest BCUT2D eigenvalue weighted by atomic mass is 16.4. The van der Waals surface area contributed by atoms with Gasteiger partial charge < -0.3 is 5.11 Å². The van der Waals surface area contributed by atoms with Gasteiger partial charge in [0.2, 0.25) is 0 Å². The van der Waals surface area contributed by atoms with Gasteiger partial charge in [0.1, 0.15) is 0 Å². The average molecular weight is 269 g/mol. The zero-order chi connectivity index (χ0) is 14.9. The van der Waals surface area contributed by atoms with Crippen molar-refractivity contribution >= 4 is 22.9 Å². The first-order valence-corrected chi connectivity index (χ1v) is 6.71. The van der Waals surface area contributed by atoms with E-state index >= 15 is 0 Å². The van der Waals surface area contributed by atoms with Crippen LogP contribution in [-0.4, -0.2) is 16.1 Å². The Morgan fingerprint density at radius 1 is 1.20 bits per heavy atom. The van der Waals surface area contributed by atoms with Crippen molar-refractivity contribution in [3.63, 3.8) is 0 Å². The first kappa shape index (κ1) is 14.3. The molecule has 0 aliphatic rings. The normalized spacial score (nSPS) is 11.7. The number of hydrogen-bond acceptors (Lipinski definition) is 2. The number of aryl methyl sites for hydroxylation is 2. The molecule has 0 unspecified atom stereocenters. The quantitative estimate of drug-likeness (QED) is 0.854. The van der Waals surface area contributed by atoms with E-state index in [1.165, 1.54) is 17.2 Å². The summed E-state index contributed by atoms with van der Waals surface area (Å²) in [6.45, 7) is 8.28. The molecule has 2 rings (SSSR count). The van der Waals surface area contributed by atoms with Crippen LogP contribution in [0.1, 0.15) is 42.1 Å². The number of carbonyl (C=O) groups is 1. The van der Waals surface area contributed by atoms with Gasteiger partial charge in [-0.25, -0.2) is 4.79 Å². The van der Waals surface area contributed by atoms with E-state index in [4.69, 9.17) is 5.11 Å². The maximum absolute atomic E-state index is 10.7. The van der Waals surface area contributed by atoms with Gasteiger partial charge in [-0.15, -0.1) is 0 Å². The first-order chi connectivity index (χ1) is 9.38. The molecule has 1 N–H and O–H groups in total. The summed E-state index contributed by atoms with van der Waals surface area (Å²) >= 11 is 0. The highest BCUT2D eigenvalue weighted by Gasteiger charge is 2.09. The maximum Gasteiger partial charge on any atom is 0.328 e. The SMILES string of the molecule is Cc1cc2nc(C(C)C)cc(/C=C/C(=O)O)c2cc1C. The third-order valence-electron chi connectivity index (χ3n) is 3.47. The van der Waals surface area contributed by atoms with Crippen LogP contribution >= 0.6 is 0 Å². The predicted molar refractivity (Wildman–Crippen MR) is 82.0 cm³/mol. The minimum absolute atomic E-state index is 0.304. The van der Waals surface area contributed by atoms with Crippen LogP contribution < -0.4 is 0 Å². The molecule has 0 aliphatic heterocycles. The number of carboxylic acids is 1. The number of nitrogens with zero attached hydrogens (tertiary/aromatic N) is 1. The van der Waals surface area contributed by atoms with Crippen molar-refractivity contribution in [3.05, 3.63) is 46.7 Å². The second-order valence-electron chi connectivity index (χ2n) is 5.42. The Labute approximate surface area is 119 Å². The monoisotopic (exact) mass is 269 g/mol. The van der Waals surface area contributed by atoms with Crippen LogP contribution in [0.3, 0.4) is 0 Å². The molecule has 104 valence electrons. The largest absolute Gasteiger partial charge is 0.478 e. The molecule has 2 aromatic rings. The van der Waals surface area contributed by atoms with Gasteiger partial charge in [0.15, 0.2) is 0 Å². The van der Waals surface area contributed by atoms with E-state index in [1.54, 1.807) is 6.08 Å². The summed E-state index contributed by atoms with van der Waals surface area (Å²) in [5.41, 5.74) is 5.18. The molecule has 0 radical (unpaired) electrons. The van der Waals surface area contributed by atoms with Crippen LogP contribution in [0, 0.1) is 13.8 Å². The van der Waals surface area contributed by atoms with E-state index in [2.05, 4.69) is 44.8 Å². The number of carboxylic acid groups (broad SMARTS) is 1. The van der Waals surface area contributed by atoms with Gasteiger partial charge in [-0.2, -0.15) is 0 Å². The number of benzene rings is 1. The van der Waals surface area contributed by atoms with Crippen LogP contribution in [0.25, 0.3) is 17.0 Å². The third kappa shape index (κ3) is 2.87. The molecule has 0 aliphatic carbocycles. The summed E-state index contributed by atoms with van der Waals surface area (Å²) < 4.78 is 0. The number of aliphatic carboxylic acids is 1. The maximum atomic E-state index is 10.7. The fourth-order valence-corrected chi connectivity index (χ4v) is 2.13. The van der Waals surface area contributed by atoms with E-state index in [0.29, 0.717) is 5.92 Å². The van der Waals surface area contributed by atoms with E-state index in [-0.39, 0.29) is 0 Å². The number of rotatable bonds is 3. The smallest absolute Gasteiger partial charge is 0.328 e. The van der Waals surface area contributed by atoms with Crippen LogP contribution in [0.5, 0.6) is 0 Å². The molecule has 0 saturated heterocycles. The Morgan fingerprint density at radius 3 is 2.45 bits per heavy atom. The molecule has 0 atom stereocenters. The van der Waals surface area contributed by atoms with Crippen LogP contribution in [0.2, 0.25) is 0 Å². The summed E-state index contributed by atoms with van der Waals surface area (Å²) in [6, 6.07) is 6.11. The van der Waals surface area contributed by atoms with Crippen molar-refractivity contribution < 1.29 is 9.90 Å². The minimum Gasteiger partial charge on any atom is -0.478 e. The number of pyridine rings is 1. The van der Waals surface area contributed by atoms with Crippen LogP contribution in [0.15, 0.2) is 24.3 Å². The molecule has 0 fully saturated rings. The van der Waals surface area contributed by atoms with Gasteiger partial charge in [0.05, 0.1) is 5.52 Å². The van der Waals surface area contributed by atoms with Gasteiger partial charge in [0, 0.05) is 17.2 Å². The van der Waals surface area contributed by atoms with E-state index in [9.17, 15) is 4.79 Å². The Bertz CT molecular complexity index is 700.